The molecule has 0 amide bonds. The van der Waals surface area contributed by atoms with Crippen LogP contribution in [0.25, 0.3) is 11.5 Å². The number of hydrogen-bond acceptors (Lipinski definition) is 6. The van der Waals surface area contributed by atoms with Gasteiger partial charge < -0.3 is 15.2 Å². The predicted molar refractivity (Wildman–Crippen MR) is 86.1 cm³/mol. The van der Waals surface area contributed by atoms with E-state index in [-0.39, 0.29) is 11.3 Å². The Kier molecular flexibility index (Phi) is 5.18. The highest BCUT2D eigenvalue weighted by atomic mass is 19.3. The standard InChI is InChI=1S/C16H21F2N5O/c1-16(2,3)12(19)9-23(20)8-10-4-6-11(7-5-10)14-21-22-15(24-14)13(17)18/h4-7,9,13H,8,19-20H2,1-3H3/b12-9-. The first-order chi connectivity index (χ1) is 11.2. The van der Waals surface area contributed by atoms with Crippen LogP contribution in [0.3, 0.4) is 0 Å². The predicted octanol–water partition coefficient (Wildman–Crippen LogP) is 3.20. The molecule has 0 bridgehead atoms. The molecule has 4 N–H and O–H groups in total. The maximum absolute atomic E-state index is 12.5. The Bertz CT molecular complexity index is 704. The third-order valence-corrected chi connectivity index (χ3v) is 3.36. The highest BCUT2D eigenvalue weighted by molar-refractivity contribution is 5.52. The molecule has 0 fully saturated rings. The molecule has 2 aromatic rings. The van der Waals surface area contributed by atoms with Crippen LogP contribution in [0.1, 0.15) is 38.7 Å². The lowest BCUT2D eigenvalue weighted by Crippen LogP contribution is -2.28. The molecule has 0 unspecified atom stereocenters. The smallest absolute Gasteiger partial charge is 0.314 e. The second-order valence-electron chi connectivity index (χ2n) is 6.45. The lowest BCUT2D eigenvalue weighted by molar-refractivity contribution is 0.116. The van der Waals surface area contributed by atoms with E-state index in [4.69, 9.17) is 16.0 Å². The van der Waals surface area contributed by atoms with Gasteiger partial charge in [-0.25, -0.2) is 5.84 Å². The van der Waals surface area contributed by atoms with E-state index in [0.717, 1.165) is 5.56 Å². The number of nitrogens with zero attached hydrogens (tertiary/aromatic N) is 3. The monoisotopic (exact) mass is 337 g/mol. The first kappa shape index (κ1) is 17.9. The lowest BCUT2D eigenvalue weighted by atomic mass is 9.93. The summed E-state index contributed by atoms with van der Waals surface area (Å²) in [7, 11) is 0. The fourth-order valence-electron chi connectivity index (χ4n) is 1.82. The van der Waals surface area contributed by atoms with Crippen LogP contribution < -0.4 is 11.6 Å². The van der Waals surface area contributed by atoms with Crippen LogP contribution in [-0.4, -0.2) is 15.2 Å². The Hall–Kier alpha value is -2.48. The van der Waals surface area contributed by atoms with Crippen LogP contribution in [0, 0.1) is 5.41 Å². The van der Waals surface area contributed by atoms with Crippen molar-refractivity contribution in [1.29, 1.82) is 0 Å². The van der Waals surface area contributed by atoms with Gasteiger partial charge in [-0.15, -0.1) is 10.2 Å². The molecule has 8 heteroatoms. The van der Waals surface area contributed by atoms with E-state index in [9.17, 15) is 8.78 Å². The quantitative estimate of drug-likeness (QED) is 0.643. The topological polar surface area (TPSA) is 94.2 Å². The van der Waals surface area contributed by atoms with E-state index < -0.39 is 12.3 Å². The van der Waals surface area contributed by atoms with Gasteiger partial charge in [-0.1, -0.05) is 32.9 Å². The van der Waals surface area contributed by atoms with Gasteiger partial charge in [-0.2, -0.15) is 8.78 Å². The Morgan fingerprint density at radius 3 is 2.38 bits per heavy atom. The molecule has 0 aliphatic rings. The number of rotatable bonds is 5. The van der Waals surface area contributed by atoms with E-state index in [1.54, 1.807) is 18.3 Å². The van der Waals surface area contributed by atoms with Crippen LogP contribution in [-0.2, 0) is 6.54 Å². The number of hydrogen-bond donors (Lipinski definition) is 2. The van der Waals surface area contributed by atoms with E-state index in [1.165, 1.54) is 5.01 Å². The van der Waals surface area contributed by atoms with Crippen molar-refractivity contribution in [3.8, 4) is 11.5 Å². The van der Waals surface area contributed by atoms with Gasteiger partial charge >= 0.3 is 6.43 Å². The summed E-state index contributed by atoms with van der Waals surface area (Å²) in [6.07, 6.45) is -1.09. The second-order valence-corrected chi connectivity index (χ2v) is 6.45. The number of nitrogens with two attached hydrogens (primary N) is 2. The number of halogens is 2. The minimum atomic E-state index is -2.78. The fraction of sp³-hybridized carbons (Fsp3) is 0.375. The van der Waals surface area contributed by atoms with Gasteiger partial charge in [-0.05, 0) is 17.7 Å². The molecule has 1 aromatic carbocycles. The van der Waals surface area contributed by atoms with Crippen LogP contribution >= 0.6 is 0 Å². The van der Waals surface area contributed by atoms with Gasteiger partial charge in [0.1, 0.15) is 0 Å². The van der Waals surface area contributed by atoms with Crippen molar-refractivity contribution in [2.45, 2.75) is 33.7 Å². The second kappa shape index (κ2) is 6.96. The normalized spacial score (nSPS) is 12.7. The molecule has 2 rings (SSSR count). The van der Waals surface area contributed by atoms with Crippen LogP contribution in [0.4, 0.5) is 8.78 Å². The minimum absolute atomic E-state index is 0.0540. The summed E-state index contributed by atoms with van der Waals surface area (Å²) < 4.78 is 29.8. The molecule has 24 heavy (non-hydrogen) atoms. The maximum atomic E-state index is 12.5. The van der Waals surface area contributed by atoms with E-state index in [1.807, 2.05) is 32.9 Å². The molecular weight excluding hydrogens is 316 g/mol. The first-order valence-corrected chi connectivity index (χ1v) is 7.37. The van der Waals surface area contributed by atoms with Gasteiger partial charge in [0.15, 0.2) is 0 Å². The van der Waals surface area contributed by atoms with Gasteiger partial charge in [0.25, 0.3) is 5.89 Å². The number of alkyl halides is 2. The largest absolute Gasteiger partial charge is 0.415 e. The highest BCUT2D eigenvalue weighted by Crippen LogP contribution is 2.24. The van der Waals surface area contributed by atoms with Gasteiger partial charge in [0.05, 0.1) is 6.54 Å². The summed E-state index contributed by atoms with van der Waals surface area (Å²) in [5, 5.41) is 8.41. The van der Waals surface area contributed by atoms with Crippen molar-refractivity contribution in [3.05, 3.63) is 47.6 Å². The zero-order valence-electron chi connectivity index (χ0n) is 13.8. The Labute approximate surface area is 139 Å². The first-order valence-electron chi connectivity index (χ1n) is 7.37. The highest BCUT2D eigenvalue weighted by Gasteiger charge is 2.17. The summed E-state index contributed by atoms with van der Waals surface area (Å²) in [4.78, 5) is 0. The third-order valence-electron chi connectivity index (χ3n) is 3.36. The Morgan fingerprint density at radius 2 is 1.88 bits per heavy atom. The summed E-state index contributed by atoms with van der Waals surface area (Å²) in [5.74, 6) is 5.31. The summed E-state index contributed by atoms with van der Waals surface area (Å²) in [5.41, 5.74) is 7.98. The number of allylic oxidation sites excluding steroid dienone is 1. The molecule has 0 radical (unpaired) electrons. The number of aromatic nitrogens is 2. The fourth-order valence-corrected chi connectivity index (χ4v) is 1.82. The van der Waals surface area contributed by atoms with E-state index in [2.05, 4.69) is 10.2 Å². The van der Waals surface area contributed by atoms with Gasteiger partial charge in [0.2, 0.25) is 5.89 Å². The summed E-state index contributed by atoms with van der Waals surface area (Å²) >= 11 is 0. The van der Waals surface area contributed by atoms with Gasteiger partial charge in [0, 0.05) is 22.9 Å². The Morgan fingerprint density at radius 1 is 1.25 bits per heavy atom. The minimum Gasteiger partial charge on any atom is -0.415 e. The molecule has 0 saturated carbocycles. The average Bonchev–Trinajstić information content (AvgIpc) is 2.97. The lowest BCUT2D eigenvalue weighted by Gasteiger charge is -2.22. The molecule has 0 aliphatic heterocycles. The molecule has 0 spiro atoms. The molecule has 6 nitrogen and oxygen atoms in total. The van der Waals surface area contributed by atoms with E-state index in [0.29, 0.717) is 17.8 Å². The molecule has 0 saturated heterocycles. The molecular formula is C16H21F2N5O. The molecule has 0 atom stereocenters. The van der Waals surface area contributed by atoms with Crippen LogP contribution in [0.5, 0.6) is 0 Å². The van der Waals surface area contributed by atoms with Crippen LogP contribution in [0.2, 0.25) is 0 Å². The summed E-state index contributed by atoms with van der Waals surface area (Å²) in [6, 6.07) is 7.04. The van der Waals surface area contributed by atoms with Crippen molar-refractivity contribution in [2.24, 2.45) is 17.0 Å². The number of hydrazine groups is 1. The molecule has 0 aliphatic carbocycles. The van der Waals surface area contributed by atoms with Gasteiger partial charge in [-0.3, -0.25) is 0 Å². The molecule has 130 valence electrons. The SMILES string of the molecule is CC(C)(C)/C(N)=C/N(N)Cc1ccc(-c2nnc(C(F)F)o2)cc1. The van der Waals surface area contributed by atoms with Crippen molar-refractivity contribution >= 4 is 0 Å². The van der Waals surface area contributed by atoms with Crippen molar-refractivity contribution < 1.29 is 13.2 Å². The van der Waals surface area contributed by atoms with Crippen molar-refractivity contribution in [3.63, 3.8) is 0 Å². The van der Waals surface area contributed by atoms with Crippen molar-refractivity contribution in [1.82, 2.24) is 15.2 Å². The van der Waals surface area contributed by atoms with E-state index >= 15 is 0 Å². The zero-order chi connectivity index (χ0) is 17.9. The van der Waals surface area contributed by atoms with Crippen molar-refractivity contribution in [2.75, 3.05) is 0 Å². The Balaban J connectivity index is 2.06. The van der Waals surface area contributed by atoms with Crippen LogP contribution in [0.15, 0.2) is 40.6 Å². The summed E-state index contributed by atoms with van der Waals surface area (Å²) in [6.45, 7) is 6.45. The average molecular weight is 337 g/mol. The molecule has 1 aromatic heterocycles. The zero-order valence-corrected chi connectivity index (χ0v) is 13.8. The molecule has 1 heterocycles. The maximum Gasteiger partial charge on any atom is 0.314 e. The number of benzene rings is 1. The third kappa shape index (κ3) is 4.51.